The molecule has 0 aliphatic carbocycles. The van der Waals surface area contributed by atoms with Crippen molar-refractivity contribution in [2.24, 2.45) is 0 Å². The second-order valence-corrected chi connectivity index (χ2v) is 10.1. The Bertz CT molecular complexity index is 1440. The van der Waals surface area contributed by atoms with Gasteiger partial charge < -0.3 is 10.2 Å². The SMILES string of the molecule is O=C(Nc1ccc(Cl)cc1C(=O)c1ccccc1)c1ccc([C@@H]2SCC(=O)N2Cc2ccccc2)cc1. The quantitative estimate of drug-likeness (QED) is 0.276. The maximum Gasteiger partial charge on any atom is 0.255 e. The first-order valence-electron chi connectivity index (χ1n) is 11.8. The molecule has 0 saturated carbocycles. The normalized spacial score (nSPS) is 15.0. The van der Waals surface area contributed by atoms with Gasteiger partial charge in [0.1, 0.15) is 5.37 Å². The largest absolute Gasteiger partial charge is 0.322 e. The molecule has 1 saturated heterocycles. The number of rotatable bonds is 7. The van der Waals surface area contributed by atoms with Crippen molar-refractivity contribution < 1.29 is 14.4 Å². The van der Waals surface area contributed by atoms with Crippen molar-refractivity contribution in [1.82, 2.24) is 4.90 Å². The summed E-state index contributed by atoms with van der Waals surface area (Å²) < 4.78 is 0. The standard InChI is InChI=1S/C30H23ClN2O3S/c31-24-15-16-26(25(17-24)28(35)21-9-5-2-6-10-21)32-29(36)22-11-13-23(14-12-22)30-33(27(34)19-37-30)18-20-7-3-1-4-8-20/h1-17,30H,18-19H2,(H,32,36)/t30-/m0/s1. The van der Waals surface area contributed by atoms with Gasteiger partial charge in [-0.25, -0.2) is 0 Å². The van der Waals surface area contributed by atoms with Crippen molar-refractivity contribution in [3.05, 3.63) is 136 Å². The molecule has 2 amide bonds. The highest BCUT2D eigenvalue weighted by atomic mass is 35.5. The molecule has 1 heterocycles. The summed E-state index contributed by atoms with van der Waals surface area (Å²) in [6, 6.07) is 30.8. The predicted molar refractivity (Wildman–Crippen MR) is 148 cm³/mol. The lowest BCUT2D eigenvalue weighted by Crippen LogP contribution is -2.27. The van der Waals surface area contributed by atoms with Gasteiger partial charge in [0.2, 0.25) is 5.91 Å². The smallest absolute Gasteiger partial charge is 0.255 e. The summed E-state index contributed by atoms with van der Waals surface area (Å²) in [6.45, 7) is 0.536. The zero-order valence-electron chi connectivity index (χ0n) is 19.8. The van der Waals surface area contributed by atoms with Crippen LogP contribution in [0.2, 0.25) is 5.02 Å². The van der Waals surface area contributed by atoms with Crippen molar-refractivity contribution in [1.29, 1.82) is 0 Å². The number of amides is 2. The first kappa shape index (κ1) is 24.8. The van der Waals surface area contributed by atoms with Crippen LogP contribution in [-0.2, 0) is 11.3 Å². The summed E-state index contributed by atoms with van der Waals surface area (Å²) in [4.78, 5) is 40.6. The second kappa shape index (κ2) is 11.0. The lowest BCUT2D eigenvalue weighted by molar-refractivity contribution is -0.128. The Labute approximate surface area is 224 Å². The van der Waals surface area contributed by atoms with Gasteiger partial charge in [-0.1, -0.05) is 84.4 Å². The second-order valence-electron chi connectivity index (χ2n) is 8.63. The van der Waals surface area contributed by atoms with Gasteiger partial charge in [-0.15, -0.1) is 11.8 Å². The highest BCUT2D eigenvalue weighted by Crippen LogP contribution is 2.39. The van der Waals surface area contributed by atoms with E-state index in [0.29, 0.717) is 39.7 Å². The highest BCUT2D eigenvalue weighted by molar-refractivity contribution is 8.00. The molecule has 1 fully saturated rings. The van der Waals surface area contributed by atoms with Gasteiger partial charge in [-0.2, -0.15) is 0 Å². The number of carbonyl (C=O) groups is 3. The van der Waals surface area contributed by atoms with Crippen LogP contribution in [0.15, 0.2) is 103 Å². The fourth-order valence-electron chi connectivity index (χ4n) is 4.23. The molecule has 1 aliphatic heterocycles. The van der Waals surface area contributed by atoms with E-state index in [1.54, 1.807) is 66.4 Å². The zero-order chi connectivity index (χ0) is 25.8. The first-order valence-corrected chi connectivity index (χ1v) is 13.2. The molecule has 7 heteroatoms. The average molecular weight is 527 g/mol. The van der Waals surface area contributed by atoms with Crippen LogP contribution in [0.5, 0.6) is 0 Å². The molecule has 4 aromatic carbocycles. The molecule has 0 radical (unpaired) electrons. The van der Waals surface area contributed by atoms with Gasteiger partial charge in [0.05, 0.1) is 11.4 Å². The fourth-order valence-corrected chi connectivity index (χ4v) is 5.59. The third-order valence-electron chi connectivity index (χ3n) is 6.13. The van der Waals surface area contributed by atoms with E-state index in [9.17, 15) is 14.4 Å². The number of halogens is 1. The summed E-state index contributed by atoms with van der Waals surface area (Å²) in [5, 5.41) is 3.15. The van der Waals surface area contributed by atoms with Gasteiger partial charge in [0, 0.05) is 28.3 Å². The minimum Gasteiger partial charge on any atom is -0.322 e. The maximum absolute atomic E-state index is 13.1. The van der Waals surface area contributed by atoms with E-state index in [4.69, 9.17) is 11.6 Å². The minimum atomic E-state index is -0.340. The van der Waals surface area contributed by atoms with Gasteiger partial charge >= 0.3 is 0 Å². The Hall–Kier alpha value is -3.87. The summed E-state index contributed by atoms with van der Waals surface area (Å²) >= 11 is 7.74. The Morgan fingerprint density at radius 3 is 2.24 bits per heavy atom. The molecule has 4 aromatic rings. The van der Waals surface area contributed by atoms with Crippen LogP contribution >= 0.6 is 23.4 Å². The Balaban J connectivity index is 1.33. The molecular weight excluding hydrogens is 504 g/mol. The monoisotopic (exact) mass is 526 g/mol. The van der Waals surface area contributed by atoms with Gasteiger partial charge in [-0.3, -0.25) is 14.4 Å². The average Bonchev–Trinajstić information content (AvgIpc) is 3.30. The molecule has 0 spiro atoms. The Morgan fingerprint density at radius 1 is 0.865 bits per heavy atom. The van der Waals surface area contributed by atoms with E-state index >= 15 is 0 Å². The Morgan fingerprint density at radius 2 is 1.54 bits per heavy atom. The van der Waals surface area contributed by atoms with Crippen molar-refractivity contribution >= 4 is 46.6 Å². The van der Waals surface area contributed by atoms with Crippen LogP contribution in [0.25, 0.3) is 0 Å². The number of thioether (sulfide) groups is 1. The van der Waals surface area contributed by atoms with Crippen LogP contribution in [0, 0.1) is 0 Å². The summed E-state index contributed by atoms with van der Waals surface area (Å²) in [6.07, 6.45) is 0. The summed E-state index contributed by atoms with van der Waals surface area (Å²) in [5.41, 5.74) is 3.69. The first-order chi connectivity index (χ1) is 18.0. The van der Waals surface area contributed by atoms with Crippen molar-refractivity contribution in [3.8, 4) is 0 Å². The molecular formula is C30H23ClN2O3S. The number of nitrogens with zero attached hydrogens (tertiary/aromatic N) is 1. The molecule has 5 nitrogen and oxygen atoms in total. The van der Waals surface area contributed by atoms with E-state index in [1.165, 1.54) is 0 Å². The predicted octanol–water partition coefficient (Wildman–Crippen LogP) is 6.60. The van der Waals surface area contributed by atoms with Crippen LogP contribution in [-0.4, -0.2) is 28.3 Å². The lowest BCUT2D eigenvalue weighted by atomic mass is 10.0. The molecule has 184 valence electrons. The van der Waals surface area contributed by atoms with Crippen molar-refractivity contribution in [2.45, 2.75) is 11.9 Å². The van der Waals surface area contributed by atoms with Gasteiger partial charge in [-0.05, 0) is 41.5 Å². The van der Waals surface area contributed by atoms with E-state index in [0.717, 1.165) is 11.1 Å². The Kier molecular flexibility index (Phi) is 7.40. The number of anilines is 1. The highest BCUT2D eigenvalue weighted by Gasteiger charge is 2.32. The van der Waals surface area contributed by atoms with Crippen LogP contribution in [0.1, 0.15) is 42.8 Å². The van der Waals surface area contributed by atoms with Gasteiger partial charge in [0.15, 0.2) is 5.78 Å². The minimum absolute atomic E-state index is 0.0963. The molecule has 1 aliphatic rings. The molecule has 0 aromatic heterocycles. The zero-order valence-corrected chi connectivity index (χ0v) is 21.3. The van der Waals surface area contributed by atoms with E-state index in [1.807, 2.05) is 53.4 Å². The van der Waals surface area contributed by atoms with Crippen molar-refractivity contribution in [2.75, 3.05) is 11.1 Å². The number of carbonyl (C=O) groups excluding carboxylic acids is 3. The molecule has 0 bridgehead atoms. The molecule has 1 N–H and O–H groups in total. The van der Waals surface area contributed by atoms with Gasteiger partial charge in [0.25, 0.3) is 5.91 Å². The van der Waals surface area contributed by atoms with E-state index < -0.39 is 0 Å². The van der Waals surface area contributed by atoms with Crippen molar-refractivity contribution in [3.63, 3.8) is 0 Å². The number of benzene rings is 4. The number of hydrogen-bond acceptors (Lipinski definition) is 4. The molecule has 5 rings (SSSR count). The van der Waals surface area contributed by atoms with E-state index in [-0.39, 0.29) is 23.0 Å². The fraction of sp³-hybridized carbons (Fsp3) is 0.100. The van der Waals surface area contributed by atoms with Crippen LogP contribution < -0.4 is 5.32 Å². The summed E-state index contributed by atoms with van der Waals surface area (Å²) in [5.74, 6) is -0.0457. The van der Waals surface area contributed by atoms with Crippen LogP contribution in [0.4, 0.5) is 5.69 Å². The third kappa shape index (κ3) is 5.61. The number of nitrogens with one attached hydrogen (secondary N) is 1. The topological polar surface area (TPSA) is 66.5 Å². The number of ketones is 1. The third-order valence-corrected chi connectivity index (χ3v) is 7.62. The van der Waals surface area contributed by atoms with E-state index in [2.05, 4.69) is 5.32 Å². The number of hydrogen-bond donors (Lipinski definition) is 1. The maximum atomic E-state index is 13.1. The van der Waals surface area contributed by atoms with Crippen LogP contribution in [0.3, 0.4) is 0 Å². The molecule has 0 unspecified atom stereocenters. The molecule has 37 heavy (non-hydrogen) atoms. The molecule has 1 atom stereocenters. The summed E-state index contributed by atoms with van der Waals surface area (Å²) in [7, 11) is 0. The lowest BCUT2D eigenvalue weighted by Gasteiger charge is -2.24.